The van der Waals surface area contributed by atoms with Gasteiger partial charge in [-0.2, -0.15) is 0 Å². The minimum atomic E-state index is -0.511. The maximum atomic E-state index is 12.3. The molecule has 1 aliphatic rings. The van der Waals surface area contributed by atoms with Gasteiger partial charge in [-0.3, -0.25) is 4.99 Å². The Morgan fingerprint density at radius 3 is 2.18 bits per heavy atom. The number of hydrogen-bond acceptors (Lipinski definition) is 4. The summed E-state index contributed by atoms with van der Waals surface area (Å²) in [6.45, 7) is 12.0. The predicted molar refractivity (Wildman–Crippen MR) is 126 cm³/mol. The van der Waals surface area contributed by atoms with Gasteiger partial charge in [0, 0.05) is 33.9 Å². The SMILES string of the molecule is CCC(CC)(CNC(=NC)NCC1(CCOC)CC1)NC(=O)OC(C)(C)C.I. The molecule has 7 nitrogen and oxygen atoms in total. The highest BCUT2D eigenvalue weighted by atomic mass is 127. The molecule has 0 aliphatic heterocycles. The lowest BCUT2D eigenvalue weighted by atomic mass is 9.93. The van der Waals surface area contributed by atoms with Gasteiger partial charge in [0.2, 0.25) is 0 Å². The number of methoxy groups -OCH3 is 1. The van der Waals surface area contributed by atoms with Crippen LogP contribution in [0.15, 0.2) is 4.99 Å². The van der Waals surface area contributed by atoms with Crippen LogP contribution in [0.3, 0.4) is 0 Å². The first-order valence-corrected chi connectivity index (χ1v) is 10.1. The highest BCUT2D eigenvalue weighted by Crippen LogP contribution is 2.48. The van der Waals surface area contributed by atoms with Crippen molar-refractivity contribution in [3.05, 3.63) is 0 Å². The molecule has 1 rings (SSSR count). The summed E-state index contributed by atoms with van der Waals surface area (Å²) >= 11 is 0. The highest BCUT2D eigenvalue weighted by molar-refractivity contribution is 14.0. The number of amides is 1. The number of nitrogens with zero attached hydrogens (tertiary/aromatic N) is 1. The van der Waals surface area contributed by atoms with E-state index in [0.29, 0.717) is 12.0 Å². The number of alkyl carbamates (subject to hydrolysis) is 1. The fourth-order valence-corrected chi connectivity index (χ4v) is 3.00. The van der Waals surface area contributed by atoms with E-state index in [1.165, 1.54) is 12.8 Å². The fourth-order valence-electron chi connectivity index (χ4n) is 3.00. The number of ether oxygens (including phenoxy) is 2. The lowest BCUT2D eigenvalue weighted by Gasteiger charge is -2.34. The first-order chi connectivity index (χ1) is 12.6. The lowest BCUT2D eigenvalue weighted by molar-refractivity contribution is 0.0448. The summed E-state index contributed by atoms with van der Waals surface area (Å²) in [6.07, 6.45) is 4.74. The minimum absolute atomic E-state index is 0. The van der Waals surface area contributed by atoms with E-state index in [9.17, 15) is 4.79 Å². The van der Waals surface area contributed by atoms with Crippen molar-refractivity contribution >= 4 is 36.0 Å². The molecule has 1 amide bonds. The van der Waals surface area contributed by atoms with E-state index in [-0.39, 0.29) is 35.6 Å². The first-order valence-electron chi connectivity index (χ1n) is 10.1. The highest BCUT2D eigenvalue weighted by Gasteiger charge is 2.42. The number of carbonyl (C=O) groups is 1. The van der Waals surface area contributed by atoms with Crippen LogP contribution in [0.25, 0.3) is 0 Å². The summed E-state index contributed by atoms with van der Waals surface area (Å²) in [4.78, 5) is 16.6. The summed E-state index contributed by atoms with van der Waals surface area (Å²) in [6, 6.07) is 0. The third-order valence-electron chi connectivity index (χ3n) is 5.36. The van der Waals surface area contributed by atoms with Gasteiger partial charge in [-0.1, -0.05) is 13.8 Å². The maximum Gasteiger partial charge on any atom is 0.408 e. The molecule has 0 bridgehead atoms. The normalized spacial score (nSPS) is 16.0. The Hall–Kier alpha value is -0.770. The minimum Gasteiger partial charge on any atom is -0.444 e. The quantitative estimate of drug-likeness (QED) is 0.236. The van der Waals surface area contributed by atoms with Crippen LogP contribution in [0.4, 0.5) is 4.79 Å². The number of guanidine groups is 1. The molecule has 0 aromatic heterocycles. The third-order valence-corrected chi connectivity index (χ3v) is 5.36. The average Bonchev–Trinajstić information content (AvgIpc) is 3.37. The molecular weight excluding hydrogens is 471 g/mol. The van der Waals surface area contributed by atoms with Crippen LogP contribution in [0.1, 0.15) is 66.7 Å². The maximum absolute atomic E-state index is 12.3. The Morgan fingerprint density at radius 1 is 1.14 bits per heavy atom. The Balaban J connectivity index is 0.00000729. The van der Waals surface area contributed by atoms with Crippen molar-refractivity contribution in [3.8, 4) is 0 Å². The van der Waals surface area contributed by atoms with Crippen LogP contribution in [0, 0.1) is 5.41 Å². The van der Waals surface area contributed by atoms with E-state index < -0.39 is 5.60 Å². The molecule has 8 heteroatoms. The Bertz CT molecular complexity index is 498. The van der Waals surface area contributed by atoms with Gasteiger partial charge in [0.05, 0.1) is 5.54 Å². The second-order valence-electron chi connectivity index (χ2n) is 8.64. The van der Waals surface area contributed by atoms with Crippen molar-refractivity contribution in [1.82, 2.24) is 16.0 Å². The standard InChI is InChI=1S/C20H40N4O3.HI/c1-8-20(9-2,24-17(25)27-18(3,4)5)15-23-16(21-6)22-14-19(10-11-19)12-13-26-7;/h8-15H2,1-7H3,(H,24,25)(H2,21,22,23);1H. The van der Waals surface area contributed by atoms with Gasteiger partial charge in [0.15, 0.2) is 5.96 Å². The van der Waals surface area contributed by atoms with E-state index in [4.69, 9.17) is 9.47 Å². The molecular formula is C20H41IN4O3. The van der Waals surface area contributed by atoms with Crippen molar-refractivity contribution in [3.63, 3.8) is 0 Å². The molecule has 1 fully saturated rings. The van der Waals surface area contributed by atoms with Crippen LogP contribution >= 0.6 is 24.0 Å². The molecule has 0 atom stereocenters. The van der Waals surface area contributed by atoms with Gasteiger partial charge < -0.3 is 25.4 Å². The van der Waals surface area contributed by atoms with Gasteiger partial charge in [-0.25, -0.2) is 4.79 Å². The molecule has 166 valence electrons. The molecule has 0 unspecified atom stereocenters. The lowest BCUT2D eigenvalue weighted by Crippen LogP contribution is -2.57. The van der Waals surface area contributed by atoms with Crippen molar-refractivity contribution < 1.29 is 14.3 Å². The largest absolute Gasteiger partial charge is 0.444 e. The molecule has 0 aromatic carbocycles. The number of nitrogens with one attached hydrogen (secondary N) is 3. The molecule has 0 radical (unpaired) electrons. The van der Waals surface area contributed by atoms with Gasteiger partial charge in [-0.05, 0) is 58.3 Å². The number of hydrogen-bond donors (Lipinski definition) is 3. The Kier molecular flexibility index (Phi) is 11.7. The molecule has 1 aliphatic carbocycles. The molecule has 1 saturated carbocycles. The van der Waals surface area contributed by atoms with Crippen LogP contribution in [0.5, 0.6) is 0 Å². The topological polar surface area (TPSA) is 84.0 Å². The summed E-state index contributed by atoms with van der Waals surface area (Å²) in [5.41, 5.74) is -0.550. The van der Waals surface area contributed by atoms with Gasteiger partial charge in [-0.15, -0.1) is 24.0 Å². The Labute approximate surface area is 188 Å². The van der Waals surface area contributed by atoms with Crippen LogP contribution < -0.4 is 16.0 Å². The molecule has 0 heterocycles. The number of carbonyl (C=O) groups excluding carboxylic acids is 1. The van der Waals surface area contributed by atoms with E-state index in [1.807, 2.05) is 20.8 Å². The number of aliphatic imine (C=N–C) groups is 1. The van der Waals surface area contributed by atoms with E-state index in [0.717, 1.165) is 38.4 Å². The number of halogens is 1. The van der Waals surface area contributed by atoms with E-state index in [1.54, 1.807) is 14.2 Å². The summed E-state index contributed by atoms with van der Waals surface area (Å²) in [5.74, 6) is 0.760. The zero-order valence-electron chi connectivity index (χ0n) is 18.7. The van der Waals surface area contributed by atoms with Gasteiger partial charge in [0.25, 0.3) is 0 Å². The van der Waals surface area contributed by atoms with Crippen molar-refractivity contribution in [2.45, 2.75) is 77.9 Å². The van der Waals surface area contributed by atoms with Crippen molar-refractivity contribution in [2.75, 3.05) is 33.9 Å². The fraction of sp³-hybridized carbons (Fsp3) is 0.900. The number of rotatable bonds is 10. The third kappa shape index (κ3) is 9.62. The van der Waals surface area contributed by atoms with Crippen LogP contribution in [-0.4, -0.2) is 57.0 Å². The monoisotopic (exact) mass is 512 g/mol. The van der Waals surface area contributed by atoms with Crippen LogP contribution in [-0.2, 0) is 9.47 Å². The molecule has 0 spiro atoms. The van der Waals surface area contributed by atoms with E-state index in [2.05, 4.69) is 34.8 Å². The summed E-state index contributed by atoms with van der Waals surface area (Å²) in [7, 11) is 3.52. The molecule has 0 aromatic rings. The van der Waals surface area contributed by atoms with Gasteiger partial charge >= 0.3 is 6.09 Å². The second kappa shape index (κ2) is 12.0. The second-order valence-corrected chi connectivity index (χ2v) is 8.64. The van der Waals surface area contributed by atoms with E-state index >= 15 is 0 Å². The van der Waals surface area contributed by atoms with Crippen LogP contribution in [0.2, 0.25) is 0 Å². The first kappa shape index (κ1) is 27.2. The zero-order chi connectivity index (χ0) is 20.6. The predicted octanol–water partition coefficient (Wildman–Crippen LogP) is 3.67. The smallest absolute Gasteiger partial charge is 0.408 e. The molecule has 0 saturated heterocycles. The molecule has 3 N–H and O–H groups in total. The summed E-state index contributed by atoms with van der Waals surface area (Å²) in [5, 5.41) is 9.86. The summed E-state index contributed by atoms with van der Waals surface area (Å²) < 4.78 is 10.7. The van der Waals surface area contributed by atoms with Crippen molar-refractivity contribution in [1.29, 1.82) is 0 Å². The van der Waals surface area contributed by atoms with Gasteiger partial charge in [0.1, 0.15) is 5.60 Å². The average molecular weight is 512 g/mol. The molecule has 28 heavy (non-hydrogen) atoms. The Morgan fingerprint density at radius 2 is 1.75 bits per heavy atom. The van der Waals surface area contributed by atoms with Crippen molar-refractivity contribution in [2.24, 2.45) is 10.4 Å². The zero-order valence-corrected chi connectivity index (χ0v) is 21.1.